The van der Waals surface area contributed by atoms with Crippen molar-refractivity contribution in [2.75, 3.05) is 0 Å². The Hall–Kier alpha value is -0.640. The van der Waals surface area contributed by atoms with Gasteiger partial charge in [0.15, 0.2) is 0 Å². The fraction of sp³-hybridized carbons (Fsp3) is 0.600. The van der Waals surface area contributed by atoms with Gasteiger partial charge in [0.25, 0.3) is 0 Å². The van der Waals surface area contributed by atoms with E-state index in [9.17, 15) is 4.39 Å². The minimum Gasteiger partial charge on any atom is -0.271 e. The number of hydrogen-bond donors (Lipinski definition) is 2. The Morgan fingerprint density at radius 2 is 2.05 bits per heavy atom. The third-order valence-electron chi connectivity index (χ3n) is 4.51. The van der Waals surface area contributed by atoms with Crippen molar-refractivity contribution in [1.29, 1.82) is 0 Å². The Labute approximate surface area is 119 Å². The molecule has 2 rings (SSSR count). The summed E-state index contributed by atoms with van der Waals surface area (Å²) in [4.78, 5) is 0. The molecular weight excluding hydrogens is 263 g/mol. The highest BCUT2D eigenvalue weighted by Crippen LogP contribution is 2.40. The number of halogens is 2. The molecule has 0 aliphatic heterocycles. The number of rotatable bonds is 4. The monoisotopic (exact) mass is 284 g/mol. The van der Waals surface area contributed by atoms with E-state index in [0.29, 0.717) is 17.0 Å². The second kappa shape index (κ2) is 6.21. The summed E-state index contributed by atoms with van der Waals surface area (Å²) in [7, 11) is 0. The molecule has 0 aromatic heterocycles. The molecule has 1 aliphatic carbocycles. The Bertz CT molecular complexity index is 410. The van der Waals surface area contributed by atoms with Crippen LogP contribution in [0, 0.1) is 11.2 Å². The lowest BCUT2D eigenvalue weighted by molar-refractivity contribution is 0.143. The largest absolute Gasteiger partial charge is 0.271 e. The Morgan fingerprint density at radius 1 is 1.37 bits per heavy atom. The first-order valence-corrected chi connectivity index (χ1v) is 7.33. The van der Waals surface area contributed by atoms with E-state index >= 15 is 0 Å². The second-order valence-corrected chi connectivity index (χ2v) is 6.25. The molecule has 106 valence electrons. The fourth-order valence-corrected chi connectivity index (χ4v) is 3.39. The van der Waals surface area contributed by atoms with Gasteiger partial charge in [-0.2, -0.15) is 0 Å². The third kappa shape index (κ3) is 3.28. The smallest absolute Gasteiger partial charge is 0.127 e. The van der Waals surface area contributed by atoms with Gasteiger partial charge < -0.3 is 0 Å². The first-order valence-electron chi connectivity index (χ1n) is 6.96. The van der Waals surface area contributed by atoms with Gasteiger partial charge in [-0.05, 0) is 36.8 Å². The molecule has 1 fully saturated rings. The van der Waals surface area contributed by atoms with E-state index < -0.39 is 0 Å². The highest BCUT2D eigenvalue weighted by molar-refractivity contribution is 6.31. The molecule has 0 bridgehead atoms. The molecule has 1 aliphatic rings. The van der Waals surface area contributed by atoms with Crippen molar-refractivity contribution < 1.29 is 4.39 Å². The molecule has 0 amide bonds. The molecule has 1 unspecified atom stereocenters. The number of nitrogens with one attached hydrogen (secondary N) is 1. The van der Waals surface area contributed by atoms with Crippen LogP contribution in [0.25, 0.3) is 0 Å². The maximum absolute atomic E-state index is 13.9. The average Bonchev–Trinajstić information content (AvgIpc) is 2.39. The zero-order chi connectivity index (χ0) is 13.9. The molecule has 1 saturated carbocycles. The Morgan fingerprint density at radius 3 is 2.63 bits per heavy atom. The van der Waals surface area contributed by atoms with Crippen LogP contribution in [0.2, 0.25) is 5.02 Å². The molecule has 19 heavy (non-hydrogen) atoms. The van der Waals surface area contributed by atoms with E-state index in [2.05, 4.69) is 12.3 Å². The van der Waals surface area contributed by atoms with Crippen LogP contribution < -0.4 is 11.3 Å². The van der Waals surface area contributed by atoms with Crippen molar-refractivity contribution in [3.63, 3.8) is 0 Å². The van der Waals surface area contributed by atoms with Crippen molar-refractivity contribution in [1.82, 2.24) is 5.43 Å². The zero-order valence-electron chi connectivity index (χ0n) is 11.4. The van der Waals surface area contributed by atoms with Crippen molar-refractivity contribution in [3.05, 3.63) is 34.6 Å². The highest BCUT2D eigenvalue weighted by atomic mass is 35.5. The van der Waals surface area contributed by atoms with Gasteiger partial charge in [0.1, 0.15) is 5.82 Å². The molecule has 0 radical (unpaired) electrons. The van der Waals surface area contributed by atoms with Crippen LogP contribution in [0.5, 0.6) is 0 Å². The van der Waals surface area contributed by atoms with Gasteiger partial charge in [-0.1, -0.05) is 43.9 Å². The quantitative estimate of drug-likeness (QED) is 0.651. The molecule has 0 saturated heterocycles. The number of benzene rings is 1. The number of hydrazine groups is 1. The molecule has 1 aromatic rings. The van der Waals surface area contributed by atoms with Crippen molar-refractivity contribution in [3.8, 4) is 0 Å². The van der Waals surface area contributed by atoms with Gasteiger partial charge in [-0.3, -0.25) is 11.3 Å². The van der Waals surface area contributed by atoms with E-state index in [-0.39, 0.29) is 17.3 Å². The fourth-order valence-electron chi connectivity index (χ4n) is 3.15. The number of nitrogens with two attached hydrogens (primary N) is 1. The van der Waals surface area contributed by atoms with Crippen LogP contribution in [0.15, 0.2) is 18.2 Å². The van der Waals surface area contributed by atoms with Gasteiger partial charge in [-0.15, -0.1) is 0 Å². The molecule has 1 atom stereocenters. The van der Waals surface area contributed by atoms with Crippen LogP contribution in [-0.2, 0) is 6.42 Å². The Balaban J connectivity index is 2.19. The van der Waals surface area contributed by atoms with Crippen molar-refractivity contribution >= 4 is 11.6 Å². The van der Waals surface area contributed by atoms with Crippen LogP contribution in [0.3, 0.4) is 0 Å². The van der Waals surface area contributed by atoms with E-state index in [0.717, 1.165) is 12.8 Å². The average molecular weight is 285 g/mol. The van der Waals surface area contributed by atoms with Gasteiger partial charge in [0.05, 0.1) is 0 Å². The van der Waals surface area contributed by atoms with Crippen molar-refractivity contribution in [2.45, 2.75) is 51.5 Å². The Kier molecular flexibility index (Phi) is 4.82. The van der Waals surface area contributed by atoms with Crippen LogP contribution >= 0.6 is 11.6 Å². The van der Waals surface area contributed by atoms with Gasteiger partial charge in [-0.25, -0.2) is 4.39 Å². The lowest BCUT2D eigenvalue weighted by Gasteiger charge is -2.40. The van der Waals surface area contributed by atoms with Crippen LogP contribution in [0.1, 0.15) is 44.6 Å². The van der Waals surface area contributed by atoms with E-state index in [1.165, 1.54) is 25.3 Å². The van der Waals surface area contributed by atoms with Crippen LogP contribution in [0.4, 0.5) is 4.39 Å². The topological polar surface area (TPSA) is 38.0 Å². The van der Waals surface area contributed by atoms with E-state index in [1.54, 1.807) is 12.1 Å². The number of hydrogen-bond acceptors (Lipinski definition) is 2. The van der Waals surface area contributed by atoms with E-state index in [4.69, 9.17) is 17.4 Å². The predicted molar refractivity (Wildman–Crippen MR) is 77.4 cm³/mol. The molecule has 2 nitrogen and oxygen atoms in total. The van der Waals surface area contributed by atoms with Crippen molar-refractivity contribution in [2.24, 2.45) is 11.3 Å². The SMILES string of the molecule is CC1(C(Cc2c(F)cccc2Cl)NN)CCCCC1. The summed E-state index contributed by atoms with van der Waals surface area (Å²) in [6.45, 7) is 2.24. The first-order chi connectivity index (χ1) is 9.07. The zero-order valence-corrected chi connectivity index (χ0v) is 12.1. The normalized spacial score (nSPS) is 20.2. The van der Waals surface area contributed by atoms with Gasteiger partial charge in [0.2, 0.25) is 0 Å². The standard InChI is InChI=1S/C15H22ClFN2/c1-15(8-3-2-4-9-15)14(19-18)10-11-12(16)6-5-7-13(11)17/h5-7,14,19H,2-4,8-10,18H2,1H3. The molecule has 4 heteroatoms. The maximum atomic E-state index is 13.9. The summed E-state index contributed by atoms with van der Waals surface area (Å²) in [6.07, 6.45) is 6.53. The summed E-state index contributed by atoms with van der Waals surface area (Å²) in [6, 6.07) is 4.88. The molecule has 0 spiro atoms. The lowest BCUT2D eigenvalue weighted by Crippen LogP contribution is -2.49. The lowest BCUT2D eigenvalue weighted by atomic mass is 9.69. The molecule has 1 aromatic carbocycles. The minimum absolute atomic E-state index is 0.0576. The summed E-state index contributed by atoms with van der Waals surface area (Å²) in [5.74, 6) is 5.48. The summed E-state index contributed by atoms with van der Waals surface area (Å²) < 4.78 is 13.9. The highest BCUT2D eigenvalue weighted by Gasteiger charge is 2.35. The predicted octanol–water partition coefficient (Wildman–Crippen LogP) is 3.82. The molecule has 3 N–H and O–H groups in total. The minimum atomic E-state index is -0.243. The molecule has 0 heterocycles. The summed E-state index contributed by atoms with van der Waals surface area (Å²) in [5, 5.41) is 0.486. The van der Waals surface area contributed by atoms with E-state index in [1.807, 2.05) is 0 Å². The van der Waals surface area contributed by atoms with Crippen LogP contribution in [-0.4, -0.2) is 6.04 Å². The summed E-state index contributed by atoms with van der Waals surface area (Å²) in [5.41, 5.74) is 3.58. The third-order valence-corrected chi connectivity index (χ3v) is 4.86. The summed E-state index contributed by atoms with van der Waals surface area (Å²) >= 11 is 6.11. The second-order valence-electron chi connectivity index (χ2n) is 5.84. The molecular formula is C15H22ClFN2. The van der Waals surface area contributed by atoms with Gasteiger partial charge in [0, 0.05) is 16.6 Å². The first kappa shape index (κ1) is 14.8. The maximum Gasteiger partial charge on any atom is 0.127 e. The van der Waals surface area contributed by atoms with Gasteiger partial charge >= 0.3 is 0 Å².